The maximum absolute atomic E-state index is 6.07. The van der Waals surface area contributed by atoms with E-state index in [1.807, 2.05) is 12.1 Å². The van der Waals surface area contributed by atoms with Crippen molar-refractivity contribution in [3.05, 3.63) is 34.9 Å². The molecule has 3 heteroatoms. The van der Waals surface area contributed by atoms with Gasteiger partial charge in [0.1, 0.15) is 0 Å². The van der Waals surface area contributed by atoms with E-state index >= 15 is 0 Å². The van der Waals surface area contributed by atoms with Crippen molar-refractivity contribution in [3.63, 3.8) is 0 Å². The van der Waals surface area contributed by atoms with Crippen molar-refractivity contribution >= 4 is 11.6 Å². The van der Waals surface area contributed by atoms with Gasteiger partial charge in [-0.3, -0.25) is 0 Å². The number of likely N-dealkylation sites (tertiary alicyclic amines) is 1. The summed E-state index contributed by atoms with van der Waals surface area (Å²) in [5.74, 6) is 0. The average Bonchev–Trinajstić information content (AvgIpc) is 2.38. The Morgan fingerprint density at radius 2 is 2.11 bits per heavy atom. The van der Waals surface area contributed by atoms with Crippen LogP contribution in [0.4, 0.5) is 0 Å². The largest absolute Gasteiger partial charge is 0.307 e. The van der Waals surface area contributed by atoms with Crippen LogP contribution in [0.1, 0.15) is 37.8 Å². The van der Waals surface area contributed by atoms with Gasteiger partial charge in [0, 0.05) is 17.1 Å². The van der Waals surface area contributed by atoms with Crippen LogP contribution in [0.25, 0.3) is 0 Å². The zero-order valence-corrected chi connectivity index (χ0v) is 12.1. The Hall–Kier alpha value is -0.570. The Balaban J connectivity index is 1.97. The standard InChI is InChI=1S/C15H23ClN2/c1-3-15(12-5-4-6-13(16)11-12)17-14-7-9-18(2)10-8-14/h4-6,11,14-15,17H,3,7-10H2,1-2H3. The number of nitrogens with zero attached hydrogens (tertiary/aromatic N) is 1. The molecule has 0 bridgehead atoms. The Labute approximate surface area is 115 Å². The maximum atomic E-state index is 6.07. The van der Waals surface area contributed by atoms with Crippen molar-refractivity contribution in [2.75, 3.05) is 20.1 Å². The number of hydrogen-bond acceptors (Lipinski definition) is 2. The third kappa shape index (κ3) is 3.71. The fraction of sp³-hybridized carbons (Fsp3) is 0.600. The highest BCUT2D eigenvalue weighted by Gasteiger charge is 2.20. The second kappa shape index (κ2) is 6.55. The Morgan fingerprint density at radius 1 is 1.39 bits per heavy atom. The van der Waals surface area contributed by atoms with E-state index in [2.05, 4.69) is 36.3 Å². The van der Waals surface area contributed by atoms with Crippen molar-refractivity contribution in [3.8, 4) is 0 Å². The van der Waals surface area contributed by atoms with E-state index in [1.54, 1.807) is 0 Å². The van der Waals surface area contributed by atoms with Crippen LogP contribution in [-0.2, 0) is 0 Å². The molecular weight excluding hydrogens is 244 g/mol. The van der Waals surface area contributed by atoms with Gasteiger partial charge in [-0.25, -0.2) is 0 Å². The third-order valence-corrected chi connectivity index (χ3v) is 4.05. The van der Waals surface area contributed by atoms with E-state index in [-0.39, 0.29) is 0 Å². The summed E-state index contributed by atoms with van der Waals surface area (Å²) in [7, 11) is 2.20. The molecule has 1 aliphatic rings. The van der Waals surface area contributed by atoms with Gasteiger partial charge in [0.2, 0.25) is 0 Å². The van der Waals surface area contributed by atoms with Gasteiger partial charge < -0.3 is 10.2 Å². The molecule has 0 saturated carbocycles. The van der Waals surface area contributed by atoms with Crippen LogP contribution in [0.5, 0.6) is 0 Å². The molecule has 1 atom stereocenters. The molecule has 100 valence electrons. The van der Waals surface area contributed by atoms with Crippen LogP contribution in [0.15, 0.2) is 24.3 Å². The number of rotatable bonds is 4. The van der Waals surface area contributed by atoms with Crippen LogP contribution in [0, 0.1) is 0 Å². The summed E-state index contributed by atoms with van der Waals surface area (Å²) < 4.78 is 0. The van der Waals surface area contributed by atoms with Crippen molar-refractivity contribution in [2.45, 2.75) is 38.3 Å². The summed E-state index contributed by atoms with van der Waals surface area (Å²) in [4.78, 5) is 2.40. The summed E-state index contributed by atoms with van der Waals surface area (Å²) in [6.07, 6.45) is 3.59. The lowest BCUT2D eigenvalue weighted by atomic mass is 9.99. The first-order chi connectivity index (χ1) is 8.69. The Kier molecular flexibility index (Phi) is 5.04. The second-order valence-corrected chi connectivity index (χ2v) is 5.70. The van der Waals surface area contributed by atoms with Crippen LogP contribution >= 0.6 is 11.6 Å². The normalized spacial score (nSPS) is 19.9. The average molecular weight is 267 g/mol. The minimum absolute atomic E-state index is 0.428. The van der Waals surface area contributed by atoms with Crippen LogP contribution in [0.3, 0.4) is 0 Å². The van der Waals surface area contributed by atoms with E-state index in [0.717, 1.165) is 11.4 Å². The van der Waals surface area contributed by atoms with Crippen molar-refractivity contribution in [1.82, 2.24) is 10.2 Å². The summed E-state index contributed by atoms with van der Waals surface area (Å²) >= 11 is 6.07. The van der Waals surface area contributed by atoms with E-state index in [4.69, 9.17) is 11.6 Å². The van der Waals surface area contributed by atoms with Crippen LogP contribution < -0.4 is 5.32 Å². The molecule has 1 saturated heterocycles. The minimum atomic E-state index is 0.428. The predicted molar refractivity (Wildman–Crippen MR) is 78.1 cm³/mol. The molecule has 0 aromatic heterocycles. The molecule has 0 radical (unpaired) electrons. The number of benzene rings is 1. The zero-order chi connectivity index (χ0) is 13.0. The number of piperidine rings is 1. The summed E-state index contributed by atoms with van der Waals surface area (Å²) in [6, 6.07) is 9.30. The van der Waals surface area contributed by atoms with Gasteiger partial charge in [-0.05, 0) is 57.1 Å². The predicted octanol–water partition coefficient (Wildman–Crippen LogP) is 3.47. The molecule has 2 rings (SSSR count). The van der Waals surface area contributed by atoms with Gasteiger partial charge in [0.25, 0.3) is 0 Å². The second-order valence-electron chi connectivity index (χ2n) is 5.26. The van der Waals surface area contributed by atoms with Gasteiger partial charge in [-0.1, -0.05) is 30.7 Å². The van der Waals surface area contributed by atoms with Crippen LogP contribution in [0.2, 0.25) is 5.02 Å². The highest BCUT2D eigenvalue weighted by molar-refractivity contribution is 6.30. The summed E-state index contributed by atoms with van der Waals surface area (Å²) in [6.45, 7) is 4.63. The van der Waals surface area contributed by atoms with Crippen molar-refractivity contribution < 1.29 is 0 Å². The first-order valence-electron chi connectivity index (χ1n) is 6.89. The molecule has 1 N–H and O–H groups in total. The molecule has 0 aliphatic carbocycles. The zero-order valence-electron chi connectivity index (χ0n) is 11.3. The topological polar surface area (TPSA) is 15.3 Å². The van der Waals surface area contributed by atoms with E-state index < -0.39 is 0 Å². The molecule has 2 nitrogen and oxygen atoms in total. The molecule has 0 spiro atoms. The molecule has 1 heterocycles. The molecule has 18 heavy (non-hydrogen) atoms. The molecule has 1 aromatic carbocycles. The minimum Gasteiger partial charge on any atom is -0.307 e. The molecule has 1 aliphatic heterocycles. The fourth-order valence-electron chi connectivity index (χ4n) is 2.63. The van der Waals surface area contributed by atoms with Crippen molar-refractivity contribution in [2.24, 2.45) is 0 Å². The molecule has 1 unspecified atom stereocenters. The van der Waals surface area contributed by atoms with Gasteiger partial charge >= 0.3 is 0 Å². The first kappa shape index (κ1) is 13.9. The van der Waals surface area contributed by atoms with Crippen LogP contribution in [-0.4, -0.2) is 31.1 Å². The van der Waals surface area contributed by atoms with Gasteiger partial charge in [-0.15, -0.1) is 0 Å². The Bertz CT molecular complexity index is 373. The molecular formula is C15H23ClN2. The smallest absolute Gasteiger partial charge is 0.0409 e. The Morgan fingerprint density at radius 3 is 2.72 bits per heavy atom. The number of hydrogen-bond donors (Lipinski definition) is 1. The summed E-state index contributed by atoms with van der Waals surface area (Å²) in [5, 5.41) is 4.61. The lowest BCUT2D eigenvalue weighted by molar-refractivity contribution is 0.223. The summed E-state index contributed by atoms with van der Waals surface area (Å²) in [5.41, 5.74) is 1.31. The number of halogens is 1. The molecule has 1 fully saturated rings. The third-order valence-electron chi connectivity index (χ3n) is 3.81. The quantitative estimate of drug-likeness (QED) is 0.898. The maximum Gasteiger partial charge on any atom is 0.0409 e. The lowest BCUT2D eigenvalue weighted by Crippen LogP contribution is -2.42. The lowest BCUT2D eigenvalue weighted by Gasteiger charge is -2.32. The number of nitrogens with one attached hydrogen (secondary N) is 1. The monoisotopic (exact) mass is 266 g/mol. The highest BCUT2D eigenvalue weighted by Crippen LogP contribution is 2.22. The van der Waals surface area contributed by atoms with Gasteiger partial charge in [0.15, 0.2) is 0 Å². The van der Waals surface area contributed by atoms with E-state index in [9.17, 15) is 0 Å². The highest BCUT2D eigenvalue weighted by atomic mass is 35.5. The van der Waals surface area contributed by atoms with Gasteiger partial charge in [0.05, 0.1) is 0 Å². The molecule has 1 aromatic rings. The molecule has 0 amide bonds. The van der Waals surface area contributed by atoms with E-state index in [1.165, 1.54) is 31.5 Å². The van der Waals surface area contributed by atoms with Gasteiger partial charge in [-0.2, -0.15) is 0 Å². The SMILES string of the molecule is CCC(NC1CCN(C)CC1)c1cccc(Cl)c1. The first-order valence-corrected chi connectivity index (χ1v) is 7.27. The van der Waals surface area contributed by atoms with E-state index in [0.29, 0.717) is 12.1 Å². The fourth-order valence-corrected chi connectivity index (χ4v) is 2.83. The van der Waals surface area contributed by atoms with Crippen molar-refractivity contribution in [1.29, 1.82) is 0 Å².